The summed E-state index contributed by atoms with van der Waals surface area (Å²) >= 11 is 7.08. The predicted octanol–water partition coefficient (Wildman–Crippen LogP) is 7.40. The fraction of sp³-hybridized carbons (Fsp3) is 0.179. The van der Waals surface area contributed by atoms with Crippen LogP contribution in [-0.2, 0) is 0 Å². The minimum atomic E-state index is -0.306. The molecular weight excluding hydrogens is 602 g/mol. The highest BCUT2D eigenvalue weighted by atomic mass is 79.9. The Bertz CT molecular complexity index is 1710. The van der Waals surface area contributed by atoms with Crippen LogP contribution in [0.2, 0.25) is 0 Å². The van der Waals surface area contributed by atoms with Gasteiger partial charge in [-0.2, -0.15) is 9.78 Å². The third-order valence-corrected chi connectivity index (χ3v) is 6.67. The Labute approximate surface area is 230 Å². The number of nitrogens with zero attached hydrogens (tertiary/aromatic N) is 3. The Hall–Kier alpha value is -3.43. The molecule has 0 unspecified atom stereocenters. The maximum absolute atomic E-state index is 13.5. The molecule has 0 aliphatic carbocycles. The van der Waals surface area contributed by atoms with Crippen LogP contribution in [0.4, 0.5) is 0 Å². The molecule has 5 aromatic rings. The van der Waals surface area contributed by atoms with Gasteiger partial charge in [-0.25, -0.2) is 4.98 Å². The summed E-state index contributed by atoms with van der Waals surface area (Å²) < 4.78 is 20.7. The van der Waals surface area contributed by atoms with Crippen LogP contribution in [0.25, 0.3) is 33.5 Å². The molecule has 2 aromatic heterocycles. The van der Waals surface area contributed by atoms with E-state index < -0.39 is 0 Å². The van der Waals surface area contributed by atoms with E-state index in [1.54, 1.807) is 24.4 Å². The Kier molecular flexibility index (Phi) is 7.17. The number of hydrogen-bond donors (Lipinski definition) is 0. The maximum atomic E-state index is 13.5. The van der Waals surface area contributed by atoms with Crippen LogP contribution in [0.15, 0.2) is 83.9 Å². The number of furan rings is 1. The summed E-state index contributed by atoms with van der Waals surface area (Å²) in [5, 5.41) is 5.90. The minimum Gasteiger partial charge on any atom is -0.490 e. The molecule has 188 valence electrons. The molecule has 0 spiro atoms. The van der Waals surface area contributed by atoms with Gasteiger partial charge in [0.15, 0.2) is 17.3 Å². The summed E-state index contributed by atoms with van der Waals surface area (Å²) in [5.41, 5.74) is 1.64. The molecule has 37 heavy (non-hydrogen) atoms. The molecule has 0 bridgehead atoms. The van der Waals surface area contributed by atoms with Crippen molar-refractivity contribution in [2.75, 3.05) is 6.61 Å². The third kappa shape index (κ3) is 5.19. The Morgan fingerprint density at radius 3 is 2.68 bits per heavy atom. The van der Waals surface area contributed by atoms with Crippen LogP contribution in [0.1, 0.15) is 26.3 Å². The fourth-order valence-corrected chi connectivity index (χ4v) is 4.70. The lowest BCUT2D eigenvalue weighted by Crippen LogP contribution is -2.20. The fourth-order valence-electron chi connectivity index (χ4n) is 3.90. The van der Waals surface area contributed by atoms with Gasteiger partial charge < -0.3 is 13.9 Å². The van der Waals surface area contributed by atoms with Crippen LogP contribution in [0, 0.1) is 0 Å². The SMILES string of the molecule is CCOc1cc(C=Nn2c(-c3cc4cc(Br)ccc4o3)nc3ccccc3c2=O)c(Br)cc1OC(C)C. The van der Waals surface area contributed by atoms with E-state index in [9.17, 15) is 4.79 Å². The molecular formula is C28H23Br2N3O4. The minimum absolute atomic E-state index is 0.0140. The number of hydrogen-bond acceptors (Lipinski definition) is 6. The Balaban J connectivity index is 1.66. The number of ether oxygens (including phenoxy) is 2. The topological polar surface area (TPSA) is 78.9 Å². The van der Waals surface area contributed by atoms with Gasteiger partial charge in [0.2, 0.25) is 5.82 Å². The van der Waals surface area contributed by atoms with Crippen molar-refractivity contribution in [3.63, 3.8) is 0 Å². The zero-order valence-corrected chi connectivity index (χ0v) is 23.5. The number of para-hydroxylation sites is 1. The zero-order valence-electron chi connectivity index (χ0n) is 20.4. The Morgan fingerprint density at radius 1 is 1.08 bits per heavy atom. The van der Waals surface area contributed by atoms with Crippen molar-refractivity contribution < 1.29 is 13.9 Å². The van der Waals surface area contributed by atoms with Gasteiger partial charge in [-0.05, 0) is 85.2 Å². The normalized spacial score (nSPS) is 11.7. The van der Waals surface area contributed by atoms with E-state index in [0.29, 0.717) is 51.7 Å². The number of aromatic nitrogens is 2. The molecule has 3 aromatic carbocycles. The predicted molar refractivity (Wildman–Crippen MR) is 153 cm³/mol. The molecule has 0 amide bonds. The summed E-state index contributed by atoms with van der Waals surface area (Å²) in [6.45, 7) is 6.30. The highest BCUT2D eigenvalue weighted by Gasteiger charge is 2.17. The van der Waals surface area contributed by atoms with Gasteiger partial charge in [-0.1, -0.05) is 28.1 Å². The van der Waals surface area contributed by atoms with E-state index >= 15 is 0 Å². The number of benzene rings is 3. The third-order valence-electron chi connectivity index (χ3n) is 5.49. The van der Waals surface area contributed by atoms with Gasteiger partial charge in [0.1, 0.15) is 5.58 Å². The summed E-state index contributed by atoms with van der Waals surface area (Å²) in [6.07, 6.45) is 1.58. The van der Waals surface area contributed by atoms with Crippen molar-refractivity contribution in [2.24, 2.45) is 5.10 Å². The van der Waals surface area contributed by atoms with Gasteiger partial charge in [0.05, 0.1) is 29.8 Å². The van der Waals surface area contributed by atoms with Crippen LogP contribution in [-0.4, -0.2) is 28.6 Å². The quantitative estimate of drug-likeness (QED) is 0.176. The van der Waals surface area contributed by atoms with Gasteiger partial charge in [-0.3, -0.25) is 4.79 Å². The van der Waals surface area contributed by atoms with Gasteiger partial charge in [0.25, 0.3) is 5.56 Å². The van der Waals surface area contributed by atoms with E-state index in [1.165, 1.54) is 4.68 Å². The van der Waals surface area contributed by atoms with E-state index in [-0.39, 0.29) is 11.7 Å². The van der Waals surface area contributed by atoms with Gasteiger partial charge in [0, 0.05) is 19.9 Å². The first-order chi connectivity index (χ1) is 17.8. The van der Waals surface area contributed by atoms with Crippen molar-refractivity contribution in [3.8, 4) is 23.1 Å². The smallest absolute Gasteiger partial charge is 0.282 e. The second-order valence-electron chi connectivity index (χ2n) is 8.53. The first-order valence-electron chi connectivity index (χ1n) is 11.7. The molecule has 0 radical (unpaired) electrons. The summed E-state index contributed by atoms with van der Waals surface area (Å²) in [7, 11) is 0. The maximum Gasteiger partial charge on any atom is 0.282 e. The summed E-state index contributed by atoms with van der Waals surface area (Å²) in [6, 6.07) is 18.4. The second-order valence-corrected chi connectivity index (χ2v) is 10.3. The molecule has 0 fully saturated rings. The highest BCUT2D eigenvalue weighted by Crippen LogP contribution is 2.34. The van der Waals surface area contributed by atoms with Crippen molar-refractivity contribution in [1.82, 2.24) is 9.66 Å². The van der Waals surface area contributed by atoms with Crippen molar-refractivity contribution in [1.29, 1.82) is 0 Å². The second kappa shape index (κ2) is 10.5. The van der Waals surface area contributed by atoms with Crippen molar-refractivity contribution in [2.45, 2.75) is 26.9 Å². The van der Waals surface area contributed by atoms with E-state index in [1.807, 2.05) is 63.2 Å². The average Bonchev–Trinajstić information content (AvgIpc) is 3.28. The van der Waals surface area contributed by atoms with Gasteiger partial charge >= 0.3 is 0 Å². The van der Waals surface area contributed by atoms with Crippen LogP contribution in [0.5, 0.6) is 11.5 Å². The zero-order chi connectivity index (χ0) is 26.1. The summed E-state index contributed by atoms with van der Waals surface area (Å²) in [4.78, 5) is 18.3. The molecule has 9 heteroatoms. The lowest BCUT2D eigenvalue weighted by Gasteiger charge is -2.16. The van der Waals surface area contributed by atoms with Crippen molar-refractivity contribution >= 4 is 59.9 Å². The molecule has 5 rings (SSSR count). The number of rotatable bonds is 7. The lowest BCUT2D eigenvalue weighted by atomic mass is 10.2. The Morgan fingerprint density at radius 2 is 1.89 bits per heavy atom. The standard InChI is InChI=1S/C28H23Br2N3O4/c1-4-35-24-13-18(21(30)14-25(24)36-16(2)3)15-31-33-27(32-22-8-6-5-7-20(22)28(33)34)26-12-17-11-19(29)9-10-23(17)37-26/h5-16H,4H2,1-3H3. The van der Waals surface area contributed by atoms with E-state index in [2.05, 4.69) is 37.0 Å². The monoisotopic (exact) mass is 623 g/mol. The van der Waals surface area contributed by atoms with E-state index in [4.69, 9.17) is 18.9 Å². The largest absolute Gasteiger partial charge is 0.490 e. The van der Waals surface area contributed by atoms with Gasteiger partial charge in [-0.15, -0.1) is 0 Å². The molecule has 7 nitrogen and oxygen atoms in total. The molecule has 0 N–H and O–H groups in total. The highest BCUT2D eigenvalue weighted by molar-refractivity contribution is 9.10. The molecule has 0 atom stereocenters. The molecule has 0 aliphatic rings. The first-order valence-corrected chi connectivity index (χ1v) is 13.3. The molecule has 0 saturated heterocycles. The van der Waals surface area contributed by atoms with Crippen LogP contribution < -0.4 is 15.0 Å². The number of fused-ring (bicyclic) bond motifs is 2. The van der Waals surface area contributed by atoms with Crippen molar-refractivity contribution in [3.05, 3.63) is 85.5 Å². The first kappa shape index (κ1) is 25.2. The average molecular weight is 625 g/mol. The van der Waals surface area contributed by atoms with Crippen LogP contribution in [0.3, 0.4) is 0 Å². The molecule has 0 saturated carbocycles. The summed E-state index contributed by atoms with van der Waals surface area (Å²) in [5.74, 6) is 1.95. The van der Waals surface area contributed by atoms with Crippen LogP contribution >= 0.6 is 31.9 Å². The molecule has 0 aliphatic heterocycles. The number of halogens is 2. The molecule has 2 heterocycles. The lowest BCUT2D eigenvalue weighted by molar-refractivity contribution is 0.223. The van der Waals surface area contributed by atoms with E-state index in [0.717, 1.165) is 14.3 Å².